The van der Waals surface area contributed by atoms with Gasteiger partial charge in [-0.2, -0.15) is 0 Å². The molecule has 126 valence electrons. The van der Waals surface area contributed by atoms with Crippen LogP contribution in [0.3, 0.4) is 0 Å². The summed E-state index contributed by atoms with van der Waals surface area (Å²) >= 11 is 5.81. The van der Waals surface area contributed by atoms with Gasteiger partial charge in [0, 0.05) is 17.1 Å². The third-order valence-electron chi connectivity index (χ3n) is 3.48. The number of Topliss-reactive ketones (excluding diaryl/α,β-unsaturated/α-hetero) is 1. The largest absolute Gasteiger partial charge is 0.481 e. The van der Waals surface area contributed by atoms with Gasteiger partial charge >= 0.3 is 0 Å². The summed E-state index contributed by atoms with van der Waals surface area (Å²) < 4.78 is 5.65. The molecule has 1 atom stereocenters. The molecule has 0 bridgehead atoms. The highest BCUT2D eigenvalue weighted by molar-refractivity contribution is 6.30. The van der Waals surface area contributed by atoms with E-state index in [1.165, 1.54) is 0 Å². The Labute approximate surface area is 146 Å². The maximum absolute atomic E-state index is 12.1. The van der Waals surface area contributed by atoms with Gasteiger partial charge in [-0.15, -0.1) is 0 Å². The van der Waals surface area contributed by atoms with Crippen molar-refractivity contribution in [2.45, 2.75) is 32.8 Å². The topological polar surface area (TPSA) is 55.4 Å². The van der Waals surface area contributed by atoms with Gasteiger partial charge in [0.25, 0.3) is 5.91 Å². The molecule has 2 rings (SSSR count). The molecule has 5 heteroatoms. The SMILES string of the molecule is CC(=O)CCc1ccc(O[C@H](C)C(=O)Nc2ccc(Cl)cc2)cc1. The third kappa shape index (κ3) is 5.70. The van der Waals surface area contributed by atoms with E-state index in [2.05, 4.69) is 5.32 Å². The highest BCUT2D eigenvalue weighted by Gasteiger charge is 2.14. The van der Waals surface area contributed by atoms with Crippen molar-refractivity contribution in [2.24, 2.45) is 0 Å². The molecule has 0 aliphatic rings. The molecule has 1 amide bonds. The number of ether oxygens (including phenoxy) is 1. The highest BCUT2D eigenvalue weighted by Crippen LogP contribution is 2.17. The van der Waals surface area contributed by atoms with Crippen LogP contribution in [0.1, 0.15) is 25.8 Å². The normalized spacial score (nSPS) is 11.6. The molecule has 0 fully saturated rings. The summed E-state index contributed by atoms with van der Waals surface area (Å²) in [7, 11) is 0. The van der Waals surface area contributed by atoms with Gasteiger partial charge in [0.05, 0.1) is 0 Å². The molecule has 1 N–H and O–H groups in total. The molecule has 2 aromatic carbocycles. The summed E-state index contributed by atoms with van der Waals surface area (Å²) in [5, 5.41) is 3.39. The average molecular weight is 346 g/mol. The van der Waals surface area contributed by atoms with E-state index in [4.69, 9.17) is 16.3 Å². The monoisotopic (exact) mass is 345 g/mol. The quantitative estimate of drug-likeness (QED) is 0.815. The van der Waals surface area contributed by atoms with Gasteiger partial charge in [-0.25, -0.2) is 0 Å². The number of carbonyl (C=O) groups is 2. The summed E-state index contributed by atoms with van der Waals surface area (Å²) in [6.45, 7) is 3.27. The van der Waals surface area contributed by atoms with Crippen molar-refractivity contribution in [1.29, 1.82) is 0 Å². The Morgan fingerprint density at radius 2 is 1.71 bits per heavy atom. The molecular formula is C19H20ClNO3. The number of rotatable bonds is 7. The number of ketones is 1. The van der Waals surface area contributed by atoms with Crippen molar-refractivity contribution in [1.82, 2.24) is 0 Å². The van der Waals surface area contributed by atoms with Crippen LogP contribution in [-0.4, -0.2) is 17.8 Å². The summed E-state index contributed by atoms with van der Waals surface area (Å²) in [6, 6.07) is 14.3. The number of anilines is 1. The zero-order valence-corrected chi connectivity index (χ0v) is 14.5. The van der Waals surface area contributed by atoms with Crippen molar-refractivity contribution >= 4 is 29.0 Å². The van der Waals surface area contributed by atoms with Crippen molar-refractivity contribution < 1.29 is 14.3 Å². The van der Waals surface area contributed by atoms with Crippen LogP contribution in [0.15, 0.2) is 48.5 Å². The van der Waals surface area contributed by atoms with Gasteiger partial charge < -0.3 is 14.8 Å². The Kier molecular flexibility index (Phi) is 6.38. The number of hydrogen-bond acceptors (Lipinski definition) is 3. The van der Waals surface area contributed by atoms with Crippen LogP contribution in [0.25, 0.3) is 0 Å². The van der Waals surface area contributed by atoms with E-state index >= 15 is 0 Å². The number of amides is 1. The molecule has 0 aliphatic heterocycles. The van der Waals surface area contributed by atoms with Crippen LogP contribution in [0.2, 0.25) is 5.02 Å². The fraction of sp³-hybridized carbons (Fsp3) is 0.263. The molecule has 0 spiro atoms. The van der Waals surface area contributed by atoms with Gasteiger partial charge in [-0.1, -0.05) is 23.7 Å². The van der Waals surface area contributed by atoms with E-state index < -0.39 is 6.10 Å². The van der Waals surface area contributed by atoms with Crippen molar-refractivity contribution in [3.63, 3.8) is 0 Å². The standard InChI is InChI=1S/C19H20ClNO3/c1-13(22)3-4-15-5-11-18(12-6-15)24-14(2)19(23)21-17-9-7-16(20)8-10-17/h5-12,14H,3-4H2,1-2H3,(H,21,23)/t14-/m1/s1. The number of nitrogens with one attached hydrogen (secondary N) is 1. The first-order valence-corrected chi connectivity index (χ1v) is 8.13. The molecule has 0 saturated heterocycles. The second-order valence-corrected chi connectivity index (χ2v) is 6.04. The fourth-order valence-electron chi connectivity index (χ4n) is 2.09. The predicted octanol–water partition coefficient (Wildman–Crippen LogP) is 4.27. The Morgan fingerprint density at radius 1 is 1.08 bits per heavy atom. The molecule has 0 radical (unpaired) electrons. The predicted molar refractivity (Wildman–Crippen MR) is 95.6 cm³/mol. The lowest BCUT2D eigenvalue weighted by Crippen LogP contribution is -2.30. The Morgan fingerprint density at radius 3 is 2.29 bits per heavy atom. The van der Waals surface area contributed by atoms with Crippen LogP contribution in [0.4, 0.5) is 5.69 Å². The summed E-state index contributed by atoms with van der Waals surface area (Å²) in [4.78, 5) is 23.1. The fourth-order valence-corrected chi connectivity index (χ4v) is 2.22. The van der Waals surface area contributed by atoms with Gasteiger partial charge in [-0.3, -0.25) is 4.79 Å². The molecular weight excluding hydrogens is 326 g/mol. The van der Waals surface area contributed by atoms with Crippen molar-refractivity contribution in [3.8, 4) is 5.75 Å². The summed E-state index contributed by atoms with van der Waals surface area (Å²) in [5.74, 6) is 0.543. The molecule has 2 aromatic rings. The zero-order chi connectivity index (χ0) is 17.5. The zero-order valence-electron chi connectivity index (χ0n) is 13.7. The van der Waals surface area contributed by atoms with E-state index in [1.807, 2.05) is 24.3 Å². The Balaban J connectivity index is 1.88. The van der Waals surface area contributed by atoms with Crippen molar-refractivity contribution in [3.05, 3.63) is 59.1 Å². The first-order valence-electron chi connectivity index (χ1n) is 7.75. The van der Waals surface area contributed by atoms with E-state index in [0.717, 1.165) is 5.56 Å². The maximum atomic E-state index is 12.1. The second-order valence-electron chi connectivity index (χ2n) is 5.60. The molecule has 0 saturated carbocycles. The molecule has 24 heavy (non-hydrogen) atoms. The van der Waals surface area contributed by atoms with Gasteiger partial charge in [0.2, 0.25) is 0 Å². The van der Waals surface area contributed by atoms with Crippen molar-refractivity contribution in [2.75, 3.05) is 5.32 Å². The Bertz CT molecular complexity index is 696. The number of benzene rings is 2. The minimum atomic E-state index is -0.635. The molecule has 0 aliphatic carbocycles. The van der Waals surface area contributed by atoms with Gasteiger partial charge in [0.1, 0.15) is 11.5 Å². The van der Waals surface area contributed by atoms with Crippen LogP contribution in [-0.2, 0) is 16.0 Å². The minimum absolute atomic E-state index is 0.169. The first-order chi connectivity index (χ1) is 11.4. The molecule has 0 aromatic heterocycles. The van der Waals surface area contributed by atoms with Crippen LogP contribution in [0, 0.1) is 0 Å². The lowest BCUT2D eigenvalue weighted by atomic mass is 10.1. The summed E-state index contributed by atoms with van der Waals surface area (Å²) in [6.07, 6.45) is 0.603. The summed E-state index contributed by atoms with van der Waals surface area (Å²) in [5.41, 5.74) is 1.73. The first kappa shape index (κ1) is 18.0. The van der Waals surface area contributed by atoms with E-state index in [-0.39, 0.29) is 11.7 Å². The third-order valence-corrected chi connectivity index (χ3v) is 3.73. The lowest BCUT2D eigenvalue weighted by Gasteiger charge is -2.15. The van der Waals surface area contributed by atoms with E-state index in [1.54, 1.807) is 38.1 Å². The molecule has 4 nitrogen and oxygen atoms in total. The van der Waals surface area contributed by atoms with Crippen LogP contribution < -0.4 is 10.1 Å². The maximum Gasteiger partial charge on any atom is 0.265 e. The number of aryl methyl sites for hydroxylation is 1. The van der Waals surface area contributed by atoms with Crippen LogP contribution in [0.5, 0.6) is 5.75 Å². The smallest absolute Gasteiger partial charge is 0.265 e. The van der Waals surface area contributed by atoms with E-state index in [0.29, 0.717) is 29.3 Å². The number of halogens is 1. The number of carbonyl (C=O) groups excluding carboxylic acids is 2. The van der Waals surface area contributed by atoms with E-state index in [9.17, 15) is 9.59 Å². The lowest BCUT2D eigenvalue weighted by molar-refractivity contribution is -0.122. The second kappa shape index (κ2) is 8.50. The van der Waals surface area contributed by atoms with Crippen LogP contribution >= 0.6 is 11.6 Å². The molecule has 0 heterocycles. The van der Waals surface area contributed by atoms with Gasteiger partial charge in [-0.05, 0) is 62.2 Å². The van der Waals surface area contributed by atoms with Gasteiger partial charge in [0.15, 0.2) is 6.10 Å². The Hall–Kier alpha value is -2.33. The molecule has 0 unspecified atom stereocenters. The highest BCUT2D eigenvalue weighted by atomic mass is 35.5. The minimum Gasteiger partial charge on any atom is -0.481 e. The number of hydrogen-bond donors (Lipinski definition) is 1. The average Bonchev–Trinajstić information content (AvgIpc) is 2.56.